The van der Waals surface area contributed by atoms with Gasteiger partial charge in [0.2, 0.25) is 0 Å². The van der Waals surface area contributed by atoms with E-state index in [0.29, 0.717) is 0 Å². The van der Waals surface area contributed by atoms with Crippen molar-refractivity contribution >= 4 is 0 Å². The molecule has 0 aliphatic rings. The molecule has 0 saturated carbocycles. The third-order valence-corrected chi connectivity index (χ3v) is 3.19. The van der Waals surface area contributed by atoms with Crippen molar-refractivity contribution < 1.29 is 0 Å². The molecular weight excluding hydrogens is 246 g/mol. The molecule has 3 heteroatoms. The zero-order chi connectivity index (χ0) is 15.6. The van der Waals surface area contributed by atoms with E-state index in [4.69, 9.17) is 9.97 Å². The predicted molar refractivity (Wildman–Crippen MR) is 86.1 cm³/mol. The zero-order valence-corrected chi connectivity index (χ0v) is 14.5. The van der Waals surface area contributed by atoms with Crippen LogP contribution in [0.4, 0.5) is 0 Å². The maximum absolute atomic E-state index is 4.70. The highest BCUT2D eigenvalue weighted by atomic mass is 14.9. The summed E-state index contributed by atoms with van der Waals surface area (Å²) in [6.45, 7) is 18.4. The normalized spacial score (nSPS) is 12.8. The smallest absolute Gasteiger partial charge is 0.129 e. The van der Waals surface area contributed by atoms with E-state index in [0.717, 1.165) is 36.6 Å². The minimum absolute atomic E-state index is 0.162. The summed E-state index contributed by atoms with van der Waals surface area (Å²) >= 11 is 0. The van der Waals surface area contributed by atoms with Gasteiger partial charge in [0.05, 0.1) is 0 Å². The second-order valence-corrected chi connectivity index (χ2v) is 7.95. The topological polar surface area (TPSA) is 37.8 Å². The van der Waals surface area contributed by atoms with E-state index in [-0.39, 0.29) is 11.0 Å². The number of nitrogens with one attached hydrogen (secondary N) is 1. The van der Waals surface area contributed by atoms with Gasteiger partial charge in [-0.3, -0.25) is 0 Å². The molecule has 0 amide bonds. The first-order valence-corrected chi connectivity index (χ1v) is 7.56. The van der Waals surface area contributed by atoms with Crippen molar-refractivity contribution in [2.45, 2.75) is 73.8 Å². The lowest BCUT2D eigenvalue weighted by Crippen LogP contribution is -2.37. The fraction of sp³-hybridized carbons (Fsp3) is 0.765. The fourth-order valence-electron chi connectivity index (χ4n) is 2.29. The van der Waals surface area contributed by atoms with Gasteiger partial charge in [0.15, 0.2) is 0 Å². The van der Waals surface area contributed by atoms with Crippen LogP contribution in [0, 0.1) is 19.3 Å². The van der Waals surface area contributed by atoms with Gasteiger partial charge in [0.1, 0.15) is 5.82 Å². The van der Waals surface area contributed by atoms with Crippen LogP contribution in [0.5, 0.6) is 0 Å². The summed E-state index contributed by atoms with van der Waals surface area (Å²) in [7, 11) is 0. The molecule has 1 heterocycles. The third kappa shape index (κ3) is 6.00. The molecule has 114 valence electrons. The monoisotopic (exact) mass is 277 g/mol. The van der Waals surface area contributed by atoms with Gasteiger partial charge in [0.25, 0.3) is 0 Å². The van der Waals surface area contributed by atoms with Gasteiger partial charge in [0, 0.05) is 23.3 Å². The van der Waals surface area contributed by atoms with Crippen molar-refractivity contribution in [2.75, 3.05) is 6.54 Å². The van der Waals surface area contributed by atoms with Crippen molar-refractivity contribution in [3.8, 4) is 0 Å². The van der Waals surface area contributed by atoms with E-state index in [2.05, 4.69) is 60.7 Å². The van der Waals surface area contributed by atoms with E-state index >= 15 is 0 Å². The molecule has 20 heavy (non-hydrogen) atoms. The van der Waals surface area contributed by atoms with Crippen molar-refractivity contribution in [1.29, 1.82) is 0 Å². The number of hydrogen-bond acceptors (Lipinski definition) is 3. The highest BCUT2D eigenvalue weighted by molar-refractivity contribution is 5.25. The summed E-state index contributed by atoms with van der Waals surface area (Å²) < 4.78 is 0. The Morgan fingerprint density at radius 2 is 1.40 bits per heavy atom. The van der Waals surface area contributed by atoms with Crippen molar-refractivity contribution in [3.05, 3.63) is 22.8 Å². The average Bonchev–Trinajstić information content (AvgIpc) is 2.17. The third-order valence-electron chi connectivity index (χ3n) is 3.19. The molecule has 0 saturated heterocycles. The lowest BCUT2D eigenvalue weighted by molar-refractivity contribution is 0.399. The molecule has 0 aliphatic heterocycles. The van der Waals surface area contributed by atoms with Crippen LogP contribution in [0.25, 0.3) is 0 Å². The lowest BCUT2D eigenvalue weighted by Gasteiger charge is -2.21. The largest absolute Gasteiger partial charge is 0.312 e. The number of aromatic nitrogens is 2. The molecular formula is C17H31N3. The van der Waals surface area contributed by atoms with Crippen LogP contribution in [0.3, 0.4) is 0 Å². The zero-order valence-electron chi connectivity index (χ0n) is 14.5. The maximum atomic E-state index is 4.70. The van der Waals surface area contributed by atoms with Crippen molar-refractivity contribution in [1.82, 2.24) is 15.3 Å². The number of rotatable bonds is 4. The van der Waals surface area contributed by atoms with Crippen LogP contribution in [-0.4, -0.2) is 22.1 Å². The predicted octanol–water partition coefficient (Wildman–Crippen LogP) is 3.61. The molecule has 0 aromatic carbocycles. The van der Waals surface area contributed by atoms with Crippen molar-refractivity contribution in [2.24, 2.45) is 5.41 Å². The molecule has 1 N–H and O–H groups in total. The van der Waals surface area contributed by atoms with Crippen LogP contribution < -0.4 is 5.32 Å². The Morgan fingerprint density at radius 1 is 0.900 bits per heavy atom. The van der Waals surface area contributed by atoms with Crippen LogP contribution in [0.2, 0.25) is 0 Å². The van der Waals surface area contributed by atoms with Gasteiger partial charge in [-0.15, -0.1) is 0 Å². The highest BCUT2D eigenvalue weighted by Gasteiger charge is 2.16. The molecule has 3 nitrogen and oxygen atoms in total. The summed E-state index contributed by atoms with van der Waals surface area (Å²) in [5.41, 5.74) is 3.95. The Morgan fingerprint density at radius 3 is 1.80 bits per heavy atom. The minimum atomic E-state index is 0.162. The Balaban J connectivity index is 2.79. The van der Waals surface area contributed by atoms with E-state index in [1.54, 1.807) is 0 Å². The van der Waals surface area contributed by atoms with E-state index in [9.17, 15) is 0 Å². The Bertz CT molecular complexity index is 427. The molecule has 0 fully saturated rings. The summed E-state index contributed by atoms with van der Waals surface area (Å²) in [6.07, 6.45) is 1.92. The number of hydrogen-bond donors (Lipinski definition) is 1. The minimum Gasteiger partial charge on any atom is -0.312 e. The van der Waals surface area contributed by atoms with Crippen LogP contribution in [0.1, 0.15) is 64.3 Å². The van der Waals surface area contributed by atoms with Crippen LogP contribution >= 0.6 is 0 Å². The second kappa shape index (κ2) is 6.21. The van der Waals surface area contributed by atoms with E-state index < -0.39 is 0 Å². The Kier molecular flexibility index (Phi) is 5.31. The fourth-order valence-corrected chi connectivity index (χ4v) is 2.29. The molecule has 0 unspecified atom stereocenters. The molecule has 1 rings (SSSR count). The maximum Gasteiger partial charge on any atom is 0.129 e. The van der Waals surface area contributed by atoms with Gasteiger partial charge in [-0.1, -0.05) is 20.8 Å². The number of nitrogens with zero attached hydrogens (tertiary/aromatic N) is 2. The van der Waals surface area contributed by atoms with E-state index in [1.165, 1.54) is 5.56 Å². The standard InChI is InChI=1S/C17H31N3/c1-12-14(9-10-18-17(6,7)8)13(2)20-15(19-12)11-16(3,4)5/h18H,9-11H2,1-8H3. The molecule has 0 radical (unpaired) electrons. The summed E-state index contributed by atoms with van der Waals surface area (Å²) in [4.78, 5) is 9.39. The van der Waals surface area contributed by atoms with E-state index in [1.807, 2.05) is 0 Å². The average molecular weight is 277 g/mol. The highest BCUT2D eigenvalue weighted by Crippen LogP contribution is 2.20. The first-order valence-electron chi connectivity index (χ1n) is 7.56. The molecule has 1 aromatic heterocycles. The van der Waals surface area contributed by atoms with Gasteiger partial charge < -0.3 is 5.32 Å². The quantitative estimate of drug-likeness (QED) is 0.913. The molecule has 1 aromatic rings. The lowest BCUT2D eigenvalue weighted by atomic mass is 9.92. The first kappa shape index (κ1) is 17.1. The Hall–Kier alpha value is -0.960. The SMILES string of the molecule is Cc1nc(CC(C)(C)C)nc(C)c1CCNC(C)(C)C. The van der Waals surface area contributed by atoms with Gasteiger partial charge in [-0.05, 0) is 58.6 Å². The van der Waals surface area contributed by atoms with Gasteiger partial charge in [-0.25, -0.2) is 9.97 Å². The molecule has 0 bridgehead atoms. The first-order chi connectivity index (χ1) is 8.98. The van der Waals surface area contributed by atoms with Crippen LogP contribution in [0.15, 0.2) is 0 Å². The summed E-state index contributed by atoms with van der Waals surface area (Å²) in [5, 5.41) is 3.52. The van der Waals surface area contributed by atoms with Gasteiger partial charge in [-0.2, -0.15) is 0 Å². The summed E-state index contributed by atoms with van der Waals surface area (Å²) in [6, 6.07) is 0. The van der Waals surface area contributed by atoms with Crippen LogP contribution in [-0.2, 0) is 12.8 Å². The number of aryl methyl sites for hydroxylation is 2. The molecule has 0 aliphatic carbocycles. The molecule has 0 atom stereocenters. The second-order valence-electron chi connectivity index (χ2n) is 7.95. The van der Waals surface area contributed by atoms with Crippen molar-refractivity contribution in [3.63, 3.8) is 0 Å². The summed E-state index contributed by atoms with van der Waals surface area (Å²) in [5.74, 6) is 0.972. The Labute approximate surface area is 124 Å². The van der Waals surface area contributed by atoms with Gasteiger partial charge >= 0.3 is 0 Å². The molecule has 0 spiro atoms.